The summed E-state index contributed by atoms with van der Waals surface area (Å²) >= 11 is 0. The molecule has 0 heteroatoms. The summed E-state index contributed by atoms with van der Waals surface area (Å²) in [7, 11) is 0. The molecule has 0 aromatic heterocycles. The zero-order chi connectivity index (χ0) is 12.5. The Balaban J connectivity index is 2.18. The SMILES string of the molecule is CCC1=Cc2c(-c3ccccc3)cccc2C1C. The molecule has 0 bridgehead atoms. The van der Waals surface area contributed by atoms with Crippen LogP contribution in [0.4, 0.5) is 0 Å². The lowest BCUT2D eigenvalue weighted by atomic mass is 9.93. The summed E-state index contributed by atoms with van der Waals surface area (Å²) < 4.78 is 0. The van der Waals surface area contributed by atoms with Gasteiger partial charge in [0.25, 0.3) is 0 Å². The van der Waals surface area contributed by atoms with Crippen LogP contribution in [0.2, 0.25) is 0 Å². The molecule has 1 aliphatic carbocycles. The Bertz CT molecular complexity index is 591. The van der Waals surface area contributed by atoms with E-state index in [9.17, 15) is 0 Å². The number of hydrogen-bond acceptors (Lipinski definition) is 0. The van der Waals surface area contributed by atoms with Crippen molar-refractivity contribution in [3.05, 3.63) is 65.2 Å². The second-order valence-electron chi connectivity index (χ2n) is 4.97. The van der Waals surface area contributed by atoms with Gasteiger partial charge in [0.2, 0.25) is 0 Å². The number of benzene rings is 2. The van der Waals surface area contributed by atoms with Gasteiger partial charge in [0.05, 0.1) is 0 Å². The molecule has 1 unspecified atom stereocenters. The molecule has 18 heavy (non-hydrogen) atoms. The molecule has 0 spiro atoms. The van der Waals surface area contributed by atoms with Gasteiger partial charge in [-0.1, -0.05) is 74.0 Å². The average molecular weight is 234 g/mol. The van der Waals surface area contributed by atoms with E-state index in [1.54, 1.807) is 5.57 Å². The molecule has 1 atom stereocenters. The maximum atomic E-state index is 2.39. The van der Waals surface area contributed by atoms with Crippen molar-refractivity contribution < 1.29 is 0 Å². The van der Waals surface area contributed by atoms with Crippen LogP contribution in [0.5, 0.6) is 0 Å². The fourth-order valence-corrected chi connectivity index (χ4v) is 2.91. The number of rotatable bonds is 2. The minimum absolute atomic E-state index is 0.577. The van der Waals surface area contributed by atoms with Crippen LogP contribution in [0.15, 0.2) is 54.1 Å². The molecule has 90 valence electrons. The van der Waals surface area contributed by atoms with Gasteiger partial charge in [-0.25, -0.2) is 0 Å². The molecule has 0 saturated carbocycles. The van der Waals surface area contributed by atoms with E-state index in [0.29, 0.717) is 5.92 Å². The van der Waals surface area contributed by atoms with Crippen LogP contribution in [-0.4, -0.2) is 0 Å². The highest BCUT2D eigenvalue weighted by Gasteiger charge is 2.22. The molecule has 2 aromatic carbocycles. The molecule has 0 nitrogen and oxygen atoms in total. The predicted molar refractivity (Wildman–Crippen MR) is 78.6 cm³/mol. The molecule has 0 fully saturated rings. The Morgan fingerprint density at radius 1 is 0.944 bits per heavy atom. The molecule has 2 aromatic rings. The molecule has 3 rings (SSSR count). The maximum Gasteiger partial charge on any atom is 0.00292 e. The Morgan fingerprint density at radius 3 is 2.44 bits per heavy atom. The second kappa shape index (κ2) is 4.45. The third-order valence-electron chi connectivity index (χ3n) is 3.99. The lowest BCUT2D eigenvalue weighted by Crippen LogP contribution is -1.93. The van der Waals surface area contributed by atoms with Gasteiger partial charge in [-0.3, -0.25) is 0 Å². The number of hydrogen-bond donors (Lipinski definition) is 0. The van der Waals surface area contributed by atoms with Gasteiger partial charge in [0.15, 0.2) is 0 Å². The highest BCUT2D eigenvalue weighted by atomic mass is 14.3. The van der Waals surface area contributed by atoms with Crippen LogP contribution in [0.3, 0.4) is 0 Å². The first-order valence-electron chi connectivity index (χ1n) is 6.70. The minimum atomic E-state index is 0.577. The lowest BCUT2D eigenvalue weighted by molar-refractivity contribution is 0.865. The Morgan fingerprint density at radius 2 is 1.72 bits per heavy atom. The normalized spacial score (nSPS) is 17.4. The molecule has 1 aliphatic rings. The maximum absolute atomic E-state index is 2.39. The van der Waals surface area contributed by atoms with Gasteiger partial charge in [-0.2, -0.15) is 0 Å². The summed E-state index contributed by atoms with van der Waals surface area (Å²) in [5.74, 6) is 0.577. The van der Waals surface area contributed by atoms with Crippen molar-refractivity contribution in [2.24, 2.45) is 0 Å². The van der Waals surface area contributed by atoms with Crippen LogP contribution < -0.4 is 0 Å². The van der Waals surface area contributed by atoms with Crippen LogP contribution in [-0.2, 0) is 0 Å². The molecular formula is C18H18. The second-order valence-corrected chi connectivity index (χ2v) is 4.97. The number of allylic oxidation sites excluding steroid dienone is 1. The first-order valence-corrected chi connectivity index (χ1v) is 6.70. The van der Waals surface area contributed by atoms with Crippen molar-refractivity contribution in [2.45, 2.75) is 26.2 Å². The first-order chi connectivity index (χ1) is 8.81. The van der Waals surface area contributed by atoms with Crippen LogP contribution in [0.25, 0.3) is 17.2 Å². The third-order valence-corrected chi connectivity index (χ3v) is 3.99. The van der Waals surface area contributed by atoms with Gasteiger partial charge >= 0.3 is 0 Å². The summed E-state index contributed by atoms with van der Waals surface area (Å²) in [4.78, 5) is 0. The van der Waals surface area contributed by atoms with Crippen molar-refractivity contribution in [3.8, 4) is 11.1 Å². The van der Waals surface area contributed by atoms with E-state index in [4.69, 9.17) is 0 Å². The van der Waals surface area contributed by atoms with Gasteiger partial charge in [-0.15, -0.1) is 0 Å². The first kappa shape index (κ1) is 11.3. The quantitative estimate of drug-likeness (QED) is 0.664. The average Bonchev–Trinajstić information content (AvgIpc) is 2.77. The van der Waals surface area contributed by atoms with Crippen molar-refractivity contribution in [2.75, 3.05) is 0 Å². The predicted octanol–water partition coefficient (Wildman–Crippen LogP) is 5.26. The highest BCUT2D eigenvalue weighted by molar-refractivity contribution is 5.81. The third kappa shape index (κ3) is 1.69. The van der Waals surface area contributed by atoms with E-state index in [1.807, 2.05) is 0 Å². The smallest absolute Gasteiger partial charge is 0.00292 e. The van der Waals surface area contributed by atoms with Crippen molar-refractivity contribution in [1.29, 1.82) is 0 Å². The molecule has 0 saturated heterocycles. The highest BCUT2D eigenvalue weighted by Crippen LogP contribution is 2.41. The zero-order valence-corrected chi connectivity index (χ0v) is 11.0. The Labute approximate surface area is 109 Å². The fraction of sp³-hybridized carbons (Fsp3) is 0.222. The van der Waals surface area contributed by atoms with Crippen LogP contribution in [0, 0.1) is 0 Å². The van der Waals surface area contributed by atoms with Crippen LogP contribution >= 0.6 is 0 Å². The molecule has 0 N–H and O–H groups in total. The van der Waals surface area contributed by atoms with E-state index in [0.717, 1.165) is 6.42 Å². The number of fused-ring (bicyclic) bond motifs is 1. The minimum Gasteiger partial charge on any atom is -0.0626 e. The van der Waals surface area contributed by atoms with E-state index in [1.165, 1.54) is 22.3 Å². The zero-order valence-electron chi connectivity index (χ0n) is 11.0. The molecule has 0 aliphatic heterocycles. The van der Waals surface area contributed by atoms with Crippen molar-refractivity contribution in [3.63, 3.8) is 0 Å². The van der Waals surface area contributed by atoms with Crippen LogP contribution in [0.1, 0.15) is 37.3 Å². The molecule has 0 radical (unpaired) electrons. The van der Waals surface area contributed by atoms with E-state index < -0.39 is 0 Å². The largest absolute Gasteiger partial charge is 0.0626 e. The Hall–Kier alpha value is -1.82. The summed E-state index contributed by atoms with van der Waals surface area (Å²) in [5, 5.41) is 0. The molecular weight excluding hydrogens is 216 g/mol. The summed E-state index contributed by atoms with van der Waals surface area (Å²) in [6, 6.07) is 17.4. The fourth-order valence-electron chi connectivity index (χ4n) is 2.91. The molecule has 0 heterocycles. The van der Waals surface area contributed by atoms with Crippen molar-refractivity contribution >= 4 is 6.08 Å². The summed E-state index contributed by atoms with van der Waals surface area (Å²) in [6.45, 7) is 4.56. The van der Waals surface area contributed by atoms with Gasteiger partial charge < -0.3 is 0 Å². The van der Waals surface area contributed by atoms with Gasteiger partial charge in [0.1, 0.15) is 0 Å². The van der Waals surface area contributed by atoms with E-state index in [-0.39, 0.29) is 0 Å². The summed E-state index contributed by atoms with van der Waals surface area (Å²) in [5.41, 5.74) is 7.13. The lowest BCUT2D eigenvalue weighted by Gasteiger charge is -2.11. The monoisotopic (exact) mass is 234 g/mol. The van der Waals surface area contributed by atoms with Gasteiger partial charge in [0, 0.05) is 5.92 Å². The molecule has 0 amide bonds. The Kier molecular flexibility index (Phi) is 2.79. The van der Waals surface area contributed by atoms with E-state index in [2.05, 4.69) is 68.5 Å². The standard InChI is InChI=1S/C18H18/c1-3-14-12-18-16(13(14)2)10-7-11-17(18)15-8-5-4-6-9-15/h4-13H,3H2,1-2H3. The topological polar surface area (TPSA) is 0 Å². The van der Waals surface area contributed by atoms with E-state index >= 15 is 0 Å². The summed E-state index contributed by atoms with van der Waals surface area (Å²) in [6.07, 6.45) is 3.53. The van der Waals surface area contributed by atoms with Gasteiger partial charge in [-0.05, 0) is 28.7 Å². The van der Waals surface area contributed by atoms with Crippen molar-refractivity contribution in [1.82, 2.24) is 0 Å².